The van der Waals surface area contributed by atoms with Crippen molar-refractivity contribution in [1.29, 1.82) is 0 Å². The molecule has 8 heteroatoms. The number of carboxylic acid groups (broad SMARTS) is 1. The minimum absolute atomic E-state index is 0.0191. The summed E-state index contributed by atoms with van der Waals surface area (Å²) < 4.78 is 0. The van der Waals surface area contributed by atoms with Crippen LogP contribution in [0.4, 0.5) is 0 Å². The van der Waals surface area contributed by atoms with Gasteiger partial charge in [0.25, 0.3) is 5.91 Å². The number of hydrogen-bond donors (Lipinski definition) is 3. The fourth-order valence-corrected chi connectivity index (χ4v) is 2.57. The van der Waals surface area contributed by atoms with E-state index < -0.39 is 24.0 Å². The number of amides is 1. The van der Waals surface area contributed by atoms with Crippen molar-refractivity contribution in [1.82, 2.24) is 9.88 Å². The molecule has 18 heavy (non-hydrogen) atoms. The third-order valence-electron chi connectivity index (χ3n) is 2.77. The molecule has 2 rings (SSSR count). The van der Waals surface area contributed by atoms with Crippen molar-refractivity contribution in [3.05, 3.63) is 16.1 Å². The summed E-state index contributed by atoms with van der Waals surface area (Å²) in [6, 6.07) is -0.990. The number of aromatic nitrogens is 1. The fraction of sp³-hybridized carbons (Fsp3) is 0.500. The molecule has 0 saturated carbocycles. The predicted octanol–water partition coefficient (Wildman–Crippen LogP) is -0.738. The number of nitrogens with two attached hydrogens (primary N) is 1. The minimum Gasteiger partial charge on any atom is -0.480 e. The second-order valence-electron chi connectivity index (χ2n) is 4.03. The van der Waals surface area contributed by atoms with Crippen LogP contribution in [0.5, 0.6) is 0 Å². The maximum Gasteiger partial charge on any atom is 0.326 e. The van der Waals surface area contributed by atoms with Crippen LogP contribution in [-0.2, 0) is 11.3 Å². The van der Waals surface area contributed by atoms with Gasteiger partial charge >= 0.3 is 5.97 Å². The van der Waals surface area contributed by atoms with Gasteiger partial charge in [-0.15, -0.1) is 11.3 Å². The van der Waals surface area contributed by atoms with Crippen LogP contribution in [-0.4, -0.2) is 50.7 Å². The molecule has 0 aromatic carbocycles. The lowest BCUT2D eigenvalue weighted by Gasteiger charge is -2.19. The maximum atomic E-state index is 12.1. The SMILES string of the molecule is NCc1nc(C(=O)N2CC(O)CC2C(=O)O)cs1. The van der Waals surface area contributed by atoms with Crippen LogP contribution in [0, 0.1) is 0 Å². The summed E-state index contributed by atoms with van der Waals surface area (Å²) in [6.45, 7) is 0.258. The molecule has 1 saturated heterocycles. The highest BCUT2D eigenvalue weighted by Gasteiger charge is 2.39. The molecule has 98 valence electrons. The number of aliphatic hydroxyl groups is 1. The van der Waals surface area contributed by atoms with Gasteiger partial charge in [0.15, 0.2) is 0 Å². The Kier molecular flexibility index (Phi) is 3.60. The van der Waals surface area contributed by atoms with Gasteiger partial charge < -0.3 is 20.8 Å². The number of carbonyl (C=O) groups excluding carboxylic acids is 1. The first-order chi connectivity index (χ1) is 8.52. The molecule has 2 atom stereocenters. The molecule has 7 nitrogen and oxygen atoms in total. The normalized spacial score (nSPS) is 23.3. The van der Waals surface area contributed by atoms with Gasteiger partial charge in [-0.3, -0.25) is 4.79 Å². The van der Waals surface area contributed by atoms with E-state index in [4.69, 9.17) is 10.8 Å². The van der Waals surface area contributed by atoms with E-state index in [2.05, 4.69) is 4.98 Å². The van der Waals surface area contributed by atoms with Crippen molar-refractivity contribution < 1.29 is 19.8 Å². The third kappa shape index (κ3) is 2.35. The number of β-amino-alcohol motifs (C(OH)–C–C–N with tert-alkyl or cyclic N) is 1. The van der Waals surface area contributed by atoms with Crippen LogP contribution in [0.3, 0.4) is 0 Å². The second kappa shape index (κ2) is 5.01. The molecule has 0 radical (unpaired) electrons. The van der Waals surface area contributed by atoms with Crippen molar-refractivity contribution in [3.63, 3.8) is 0 Å². The molecule has 1 aliphatic rings. The van der Waals surface area contributed by atoms with Crippen LogP contribution >= 0.6 is 11.3 Å². The van der Waals surface area contributed by atoms with Crippen molar-refractivity contribution in [3.8, 4) is 0 Å². The van der Waals surface area contributed by atoms with Gasteiger partial charge in [-0.2, -0.15) is 0 Å². The van der Waals surface area contributed by atoms with Gasteiger partial charge in [0.1, 0.15) is 16.7 Å². The first-order valence-electron chi connectivity index (χ1n) is 5.39. The van der Waals surface area contributed by atoms with Gasteiger partial charge in [0.05, 0.1) is 6.10 Å². The Labute approximate surface area is 107 Å². The lowest BCUT2D eigenvalue weighted by molar-refractivity contribution is -0.141. The van der Waals surface area contributed by atoms with Crippen LogP contribution in [0.1, 0.15) is 21.9 Å². The summed E-state index contributed by atoms with van der Waals surface area (Å²) in [5.74, 6) is -1.59. The molecule has 0 spiro atoms. The Hall–Kier alpha value is -1.51. The number of hydrogen-bond acceptors (Lipinski definition) is 6. The molecule has 1 fully saturated rings. The number of likely N-dealkylation sites (tertiary alicyclic amines) is 1. The van der Waals surface area contributed by atoms with Gasteiger partial charge in [-0.05, 0) is 0 Å². The Morgan fingerprint density at radius 1 is 1.61 bits per heavy atom. The minimum atomic E-state index is -1.12. The van der Waals surface area contributed by atoms with Crippen LogP contribution in [0.15, 0.2) is 5.38 Å². The average molecular weight is 271 g/mol. The molecule has 2 unspecified atom stereocenters. The van der Waals surface area contributed by atoms with E-state index in [-0.39, 0.29) is 25.2 Å². The number of aliphatic hydroxyl groups excluding tert-OH is 1. The molecule has 2 heterocycles. The van der Waals surface area contributed by atoms with Gasteiger partial charge in [-0.1, -0.05) is 0 Å². The van der Waals surface area contributed by atoms with Crippen molar-refractivity contribution in [2.45, 2.75) is 25.1 Å². The van der Waals surface area contributed by atoms with E-state index in [0.29, 0.717) is 5.01 Å². The predicted molar refractivity (Wildman–Crippen MR) is 63.1 cm³/mol. The highest BCUT2D eigenvalue weighted by Crippen LogP contribution is 2.21. The number of thiazole rings is 1. The summed E-state index contributed by atoms with van der Waals surface area (Å²) in [5.41, 5.74) is 5.58. The van der Waals surface area contributed by atoms with Gasteiger partial charge in [0, 0.05) is 24.9 Å². The Balaban J connectivity index is 2.19. The number of carboxylic acids is 1. The van der Waals surface area contributed by atoms with Crippen molar-refractivity contribution in [2.24, 2.45) is 5.73 Å². The second-order valence-corrected chi connectivity index (χ2v) is 4.97. The zero-order chi connectivity index (χ0) is 13.3. The van der Waals surface area contributed by atoms with E-state index in [1.54, 1.807) is 5.38 Å². The fourth-order valence-electron chi connectivity index (χ4n) is 1.92. The number of nitrogens with zero attached hydrogens (tertiary/aromatic N) is 2. The third-order valence-corrected chi connectivity index (χ3v) is 3.64. The Morgan fingerprint density at radius 3 is 2.89 bits per heavy atom. The quantitative estimate of drug-likeness (QED) is 0.666. The van der Waals surface area contributed by atoms with Crippen LogP contribution in [0.2, 0.25) is 0 Å². The molecule has 0 bridgehead atoms. The first kappa shape index (κ1) is 12.9. The van der Waals surface area contributed by atoms with E-state index in [0.717, 1.165) is 4.90 Å². The van der Waals surface area contributed by atoms with Crippen molar-refractivity contribution >= 4 is 23.2 Å². The molecule has 1 aromatic heterocycles. The summed E-state index contributed by atoms with van der Waals surface area (Å²) in [4.78, 5) is 28.3. The van der Waals surface area contributed by atoms with Crippen molar-refractivity contribution in [2.75, 3.05) is 6.54 Å². The molecule has 4 N–H and O–H groups in total. The van der Waals surface area contributed by atoms with E-state index >= 15 is 0 Å². The zero-order valence-corrected chi connectivity index (χ0v) is 10.3. The van der Waals surface area contributed by atoms with E-state index in [9.17, 15) is 14.7 Å². The average Bonchev–Trinajstić information content (AvgIpc) is 2.94. The number of aliphatic carboxylic acids is 1. The van der Waals surface area contributed by atoms with Gasteiger partial charge in [0.2, 0.25) is 0 Å². The molecule has 0 aliphatic carbocycles. The monoisotopic (exact) mass is 271 g/mol. The van der Waals surface area contributed by atoms with Crippen LogP contribution in [0.25, 0.3) is 0 Å². The van der Waals surface area contributed by atoms with Gasteiger partial charge in [-0.25, -0.2) is 9.78 Å². The molecule has 1 amide bonds. The zero-order valence-electron chi connectivity index (χ0n) is 9.44. The largest absolute Gasteiger partial charge is 0.480 e. The topological polar surface area (TPSA) is 117 Å². The Morgan fingerprint density at radius 2 is 2.33 bits per heavy atom. The molecular formula is C10H13N3O4S. The summed E-state index contributed by atoms with van der Waals surface area (Å²) >= 11 is 1.25. The first-order valence-corrected chi connectivity index (χ1v) is 6.27. The number of carbonyl (C=O) groups is 2. The van der Waals surface area contributed by atoms with E-state index in [1.807, 2.05) is 0 Å². The number of rotatable bonds is 3. The lowest BCUT2D eigenvalue weighted by atomic mass is 10.2. The lowest BCUT2D eigenvalue weighted by Crippen LogP contribution is -2.40. The Bertz CT molecular complexity index is 475. The standard InChI is InChI=1S/C10H13N3O4S/c11-2-8-12-6(4-18-8)9(15)13-3-5(14)1-7(13)10(16)17/h4-5,7,14H,1-3,11H2,(H,16,17). The van der Waals surface area contributed by atoms with Crippen LogP contribution < -0.4 is 5.73 Å². The molecule has 1 aromatic rings. The van der Waals surface area contributed by atoms with E-state index in [1.165, 1.54) is 11.3 Å². The maximum absolute atomic E-state index is 12.1. The highest BCUT2D eigenvalue weighted by atomic mass is 32.1. The summed E-state index contributed by atoms with van der Waals surface area (Å²) in [5, 5.41) is 20.6. The molecular weight excluding hydrogens is 258 g/mol. The molecule has 1 aliphatic heterocycles. The summed E-state index contributed by atoms with van der Waals surface area (Å²) in [7, 11) is 0. The smallest absolute Gasteiger partial charge is 0.326 e. The highest BCUT2D eigenvalue weighted by molar-refractivity contribution is 7.09. The summed E-state index contributed by atoms with van der Waals surface area (Å²) in [6.07, 6.45) is -0.753.